The average Bonchev–Trinajstić information content (AvgIpc) is 2.53. The van der Waals surface area contributed by atoms with E-state index in [2.05, 4.69) is 0 Å². The Morgan fingerprint density at radius 2 is 1.68 bits per heavy atom. The molecule has 1 fully saturated rings. The van der Waals surface area contributed by atoms with Crippen LogP contribution in [0.5, 0.6) is 5.75 Å². The minimum atomic E-state index is -0.690. The lowest BCUT2D eigenvalue weighted by molar-refractivity contribution is -0.158. The predicted molar refractivity (Wildman–Crippen MR) is 94.5 cm³/mol. The summed E-state index contributed by atoms with van der Waals surface area (Å²) >= 11 is 17.6. The fourth-order valence-electron chi connectivity index (χ4n) is 2.41. The Balaban J connectivity index is 1.79. The van der Waals surface area contributed by atoms with Crippen LogP contribution in [0.15, 0.2) is 12.1 Å². The number of carbonyl (C=O) groups excluding carboxylic acids is 2. The van der Waals surface area contributed by atoms with Gasteiger partial charge in [0.2, 0.25) is 0 Å². The van der Waals surface area contributed by atoms with E-state index < -0.39 is 12.6 Å². The van der Waals surface area contributed by atoms with Crippen LogP contribution in [0.4, 0.5) is 0 Å². The van der Waals surface area contributed by atoms with E-state index in [-0.39, 0.29) is 45.5 Å². The smallest absolute Gasteiger partial charge is 0.344 e. The van der Waals surface area contributed by atoms with Crippen LogP contribution in [0.2, 0.25) is 15.1 Å². The number of amides is 1. The van der Waals surface area contributed by atoms with Crippen LogP contribution in [-0.4, -0.2) is 55.3 Å². The molecule has 1 heterocycles. The highest BCUT2D eigenvalue weighted by atomic mass is 35.5. The summed E-state index contributed by atoms with van der Waals surface area (Å²) in [6.45, 7) is 3.96. The second kappa shape index (κ2) is 8.94. The summed E-state index contributed by atoms with van der Waals surface area (Å²) in [6, 6.07) is 2.82. The Hall–Kier alpha value is -1.21. The Morgan fingerprint density at radius 3 is 2.32 bits per heavy atom. The molecule has 1 aliphatic rings. The number of esters is 1. The van der Waals surface area contributed by atoms with Gasteiger partial charge in [-0.3, -0.25) is 4.79 Å². The van der Waals surface area contributed by atoms with Gasteiger partial charge in [0.15, 0.2) is 13.2 Å². The minimum Gasteiger partial charge on any atom is -0.480 e. The maximum Gasteiger partial charge on any atom is 0.344 e. The van der Waals surface area contributed by atoms with Crippen molar-refractivity contribution >= 4 is 46.7 Å². The Labute approximate surface area is 160 Å². The highest BCUT2D eigenvalue weighted by molar-refractivity contribution is 6.43. The third-order valence-corrected chi connectivity index (χ3v) is 4.47. The maximum absolute atomic E-state index is 12.1. The van der Waals surface area contributed by atoms with Gasteiger partial charge in [-0.25, -0.2) is 4.79 Å². The normalized spacial score (nSPS) is 20.3. The van der Waals surface area contributed by atoms with Crippen molar-refractivity contribution < 1.29 is 23.8 Å². The summed E-state index contributed by atoms with van der Waals surface area (Å²) in [4.78, 5) is 25.5. The Kier molecular flexibility index (Phi) is 7.19. The standard InChI is InChI=1S/C16H18Cl3NO5/c1-9-5-20(6-10(2)25-9)15(21)7-24-16(22)8-23-14-4-12(18)11(17)3-13(14)19/h3-4,9-10H,5-8H2,1-2H3/t9-,10+. The minimum absolute atomic E-state index is 0.0523. The zero-order chi connectivity index (χ0) is 18.6. The molecule has 25 heavy (non-hydrogen) atoms. The van der Waals surface area contributed by atoms with Crippen molar-refractivity contribution in [3.05, 3.63) is 27.2 Å². The van der Waals surface area contributed by atoms with E-state index in [1.54, 1.807) is 4.90 Å². The lowest BCUT2D eigenvalue weighted by atomic mass is 10.2. The van der Waals surface area contributed by atoms with Gasteiger partial charge in [0, 0.05) is 19.2 Å². The van der Waals surface area contributed by atoms with Gasteiger partial charge >= 0.3 is 5.97 Å². The number of rotatable bonds is 5. The highest BCUT2D eigenvalue weighted by Gasteiger charge is 2.26. The van der Waals surface area contributed by atoms with Crippen molar-refractivity contribution in [2.75, 3.05) is 26.3 Å². The number of ether oxygens (including phenoxy) is 3. The monoisotopic (exact) mass is 409 g/mol. The molecule has 138 valence electrons. The summed E-state index contributed by atoms with van der Waals surface area (Å²) < 4.78 is 15.8. The van der Waals surface area contributed by atoms with Crippen LogP contribution in [0, 0.1) is 0 Å². The van der Waals surface area contributed by atoms with Crippen molar-refractivity contribution in [1.29, 1.82) is 0 Å². The number of morpholine rings is 1. The molecular formula is C16H18Cl3NO5. The van der Waals surface area contributed by atoms with Gasteiger partial charge in [0.25, 0.3) is 5.91 Å². The highest BCUT2D eigenvalue weighted by Crippen LogP contribution is 2.33. The van der Waals surface area contributed by atoms with E-state index in [9.17, 15) is 9.59 Å². The van der Waals surface area contributed by atoms with Gasteiger partial charge in [0.1, 0.15) is 5.75 Å². The predicted octanol–water partition coefficient (Wildman–Crippen LogP) is 3.20. The summed E-state index contributed by atoms with van der Waals surface area (Å²) in [5, 5.41) is 0.746. The molecule has 1 amide bonds. The number of nitrogens with zero attached hydrogens (tertiary/aromatic N) is 1. The lowest BCUT2D eigenvalue weighted by Gasteiger charge is -2.35. The zero-order valence-corrected chi connectivity index (χ0v) is 16.0. The molecule has 0 saturated carbocycles. The fraction of sp³-hybridized carbons (Fsp3) is 0.500. The first-order valence-electron chi connectivity index (χ1n) is 7.62. The van der Waals surface area contributed by atoms with Gasteiger partial charge in [-0.2, -0.15) is 0 Å². The first-order valence-corrected chi connectivity index (χ1v) is 8.76. The summed E-state index contributed by atoms with van der Waals surface area (Å²) in [6.07, 6.45) is -0.105. The van der Waals surface area contributed by atoms with E-state index in [0.29, 0.717) is 13.1 Å². The molecule has 6 nitrogen and oxygen atoms in total. The topological polar surface area (TPSA) is 65.1 Å². The third-order valence-electron chi connectivity index (χ3n) is 3.45. The molecule has 2 atom stereocenters. The van der Waals surface area contributed by atoms with Crippen LogP contribution >= 0.6 is 34.8 Å². The summed E-state index contributed by atoms with van der Waals surface area (Å²) in [7, 11) is 0. The SMILES string of the molecule is C[C@@H]1CN(C(=O)COC(=O)COc2cc(Cl)c(Cl)cc2Cl)C[C@H](C)O1. The van der Waals surface area contributed by atoms with Gasteiger partial charge in [-0.05, 0) is 19.9 Å². The van der Waals surface area contributed by atoms with Crippen molar-refractivity contribution in [3.8, 4) is 5.75 Å². The molecule has 0 unspecified atom stereocenters. The average molecular weight is 411 g/mol. The van der Waals surface area contributed by atoms with E-state index >= 15 is 0 Å². The third kappa shape index (κ3) is 5.92. The molecule has 0 N–H and O–H groups in total. The molecule has 0 aromatic heterocycles. The number of hydrogen-bond acceptors (Lipinski definition) is 5. The maximum atomic E-state index is 12.1. The summed E-state index contributed by atoms with van der Waals surface area (Å²) in [5.74, 6) is -0.761. The second-order valence-electron chi connectivity index (χ2n) is 5.70. The van der Waals surface area contributed by atoms with Crippen LogP contribution in [0.25, 0.3) is 0 Å². The van der Waals surface area contributed by atoms with Crippen LogP contribution in [0.3, 0.4) is 0 Å². The largest absolute Gasteiger partial charge is 0.480 e. The van der Waals surface area contributed by atoms with E-state index in [1.807, 2.05) is 13.8 Å². The first kappa shape index (κ1) is 20.1. The molecule has 9 heteroatoms. The van der Waals surface area contributed by atoms with E-state index in [1.165, 1.54) is 12.1 Å². The first-order chi connectivity index (χ1) is 11.8. The van der Waals surface area contributed by atoms with Gasteiger partial charge < -0.3 is 19.1 Å². The van der Waals surface area contributed by atoms with Gasteiger partial charge in [0.05, 0.1) is 27.3 Å². The zero-order valence-electron chi connectivity index (χ0n) is 13.8. The molecule has 1 aliphatic heterocycles. The number of hydrogen-bond donors (Lipinski definition) is 0. The number of benzene rings is 1. The lowest BCUT2D eigenvalue weighted by Crippen LogP contribution is -2.49. The molecule has 1 saturated heterocycles. The van der Waals surface area contributed by atoms with Gasteiger partial charge in [-0.1, -0.05) is 34.8 Å². The Morgan fingerprint density at radius 1 is 1.08 bits per heavy atom. The molecule has 2 rings (SSSR count). The molecule has 1 aromatic carbocycles. The number of carbonyl (C=O) groups is 2. The van der Waals surface area contributed by atoms with E-state index in [0.717, 1.165) is 0 Å². The van der Waals surface area contributed by atoms with Gasteiger partial charge in [-0.15, -0.1) is 0 Å². The Bertz CT molecular complexity index is 645. The number of halogens is 3. The van der Waals surface area contributed by atoms with Crippen molar-refractivity contribution in [1.82, 2.24) is 4.90 Å². The molecule has 0 radical (unpaired) electrons. The summed E-state index contributed by atoms with van der Waals surface area (Å²) in [5.41, 5.74) is 0. The van der Waals surface area contributed by atoms with Crippen LogP contribution in [-0.2, 0) is 19.1 Å². The van der Waals surface area contributed by atoms with Crippen molar-refractivity contribution in [3.63, 3.8) is 0 Å². The molecule has 0 bridgehead atoms. The quantitative estimate of drug-likeness (QED) is 0.551. The molecular weight excluding hydrogens is 393 g/mol. The molecule has 0 spiro atoms. The second-order valence-corrected chi connectivity index (χ2v) is 6.92. The van der Waals surface area contributed by atoms with Crippen molar-refractivity contribution in [2.45, 2.75) is 26.1 Å². The van der Waals surface area contributed by atoms with Crippen LogP contribution in [0.1, 0.15) is 13.8 Å². The fourth-order valence-corrected chi connectivity index (χ4v) is 3.00. The molecule has 1 aromatic rings. The van der Waals surface area contributed by atoms with Crippen LogP contribution < -0.4 is 4.74 Å². The van der Waals surface area contributed by atoms with Crippen molar-refractivity contribution in [2.24, 2.45) is 0 Å². The molecule has 0 aliphatic carbocycles. The van der Waals surface area contributed by atoms with E-state index in [4.69, 9.17) is 49.0 Å².